The summed E-state index contributed by atoms with van der Waals surface area (Å²) in [5.74, 6) is 0. The van der Waals surface area contributed by atoms with Crippen LogP contribution in [0, 0.1) is 11.3 Å². The summed E-state index contributed by atoms with van der Waals surface area (Å²) in [6.45, 7) is 5.55. The minimum absolute atomic E-state index is 0.192. The van der Waals surface area contributed by atoms with Crippen molar-refractivity contribution in [3.63, 3.8) is 0 Å². The van der Waals surface area contributed by atoms with Crippen molar-refractivity contribution in [3.8, 4) is 6.07 Å². The molecule has 0 radical (unpaired) electrons. The molecule has 0 N–H and O–H groups in total. The Labute approximate surface area is 101 Å². The summed E-state index contributed by atoms with van der Waals surface area (Å²) >= 11 is 6.05. The van der Waals surface area contributed by atoms with E-state index in [0.717, 1.165) is 12.2 Å². The first-order chi connectivity index (χ1) is 7.54. The van der Waals surface area contributed by atoms with Crippen molar-refractivity contribution < 1.29 is 0 Å². The molecule has 1 heterocycles. The first-order valence-electron chi connectivity index (χ1n) is 5.52. The second-order valence-electron chi connectivity index (χ2n) is 4.84. The molecule has 84 valence electrons. The van der Waals surface area contributed by atoms with Gasteiger partial charge in [0.05, 0.1) is 10.6 Å². The maximum Gasteiger partial charge on any atom is 0.101 e. The maximum atomic E-state index is 8.83. The molecule has 1 aromatic rings. The van der Waals surface area contributed by atoms with E-state index in [-0.39, 0.29) is 5.54 Å². The fourth-order valence-electron chi connectivity index (χ4n) is 2.35. The van der Waals surface area contributed by atoms with E-state index >= 15 is 0 Å². The Bertz CT molecular complexity index is 446. The molecule has 3 heteroatoms. The summed E-state index contributed by atoms with van der Waals surface area (Å²) in [6, 6.07) is 7.76. The Morgan fingerprint density at radius 2 is 2.19 bits per heavy atom. The summed E-state index contributed by atoms with van der Waals surface area (Å²) < 4.78 is 0. The predicted octanol–water partition coefficient (Wildman–Crippen LogP) is 3.59. The second-order valence-corrected chi connectivity index (χ2v) is 5.25. The van der Waals surface area contributed by atoms with Crippen LogP contribution >= 0.6 is 11.6 Å². The summed E-state index contributed by atoms with van der Waals surface area (Å²) in [5.41, 5.74) is 1.85. The molecule has 2 nitrogen and oxygen atoms in total. The van der Waals surface area contributed by atoms with Gasteiger partial charge in [-0.15, -0.1) is 0 Å². The van der Waals surface area contributed by atoms with Crippen LogP contribution < -0.4 is 4.90 Å². The quantitative estimate of drug-likeness (QED) is 0.743. The van der Waals surface area contributed by atoms with Crippen LogP contribution in [0.2, 0.25) is 5.02 Å². The van der Waals surface area contributed by atoms with Gasteiger partial charge in [-0.1, -0.05) is 11.6 Å². The molecule has 0 aromatic heterocycles. The van der Waals surface area contributed by atoms with E-state index in [9.17, 15) is 0 Å². The van der Waals surface area contributed by atoms with Gasteiger partial charge in [0, 0.05) is 17.8 Å². The van der Waals surface area contributed by atoms with E-state index in [4.69, 9.17) is 16.9 Å². The minimum Gasteiger partial charge on any atom is -0.366 e. The SMILES string of the molecule is CC1(C)CCCN1c1ccc(C#N)c(Cl)c1. The lowest BCUT2D eigenvalue weighted by Gasteiger charge is -2.33. The molecule has 1 fully saturated rings. The number of hydrogen-bond donors (Lipinski definition) is 0. The van der Waals surface area contributed by atoms with Gasteiger partial charge >= 0.3 is 0 Å². The fourth-order valence-corrected chi connectivity index (χ4v) is 2.57. The zero-order valence-electron chi connectivity index (χ0n) is 9.63. The molecule has 16 heavy (non-hydrogen) atoms. The minimum atomic E-state index is 0.192. The van der Waals surface area contributed by atoms with Gasteiger partial charge in [0.2, 0.25) is 0 Å². The van der Waals surface area contributed by atoms with Gasteiger partial charge < -0.3 is 4.90 Å². The third kappa shape index (κ3) is 1.88. The summed E-state index contributed by atoms with van der Waals surface area (Å²) in [7, 11) is 0. The van der Waals surface area contributed by atoms with E-state index in [1.165, 1.54) is 12.8 Å². The number of anilines is 1. The molecule has 0 atom stereocenters. The lowest BCUT2D eigenvalue weighted by molar-refractivity contribution is 0.518. The van der Waals surface area contributed by atoms with Crippen LogP contribution in [-0.4, -0.2) is 12.1 Å². The van der Waals surface area contributed by atoms with Crippen LogP contribution in [0.5, 0.6) is 0 Å². The van der Waals surface area contributed by atoms with Crippen molar-refractivity contribution in [2.45, 2.75) is 32.2 Å². The van der Waals surface area contributed by atoms with Crippen molar-refractivity contribution in [1.29, 1.82) is 5.26 Å². The number of nitriles is 1. The molecule has 0 bridgehead atoms. The number of nitrogens with zero attached hydrogens (tertiary/aromatic N) is 2. The van der Waals surface area contributed by atoms with Gasteiger partial charge in [-0.3, -0.25) is 0 Å². The lowest BCUT2D eigenvalue weighted by atomic mass is 10.0. The summed E-state index contributed by atoms with van der Waals surface area (Å²) in [4.78, 5) is 2.36. The first-order valence-corrected chi connectivity index (χ1v) is 5.90. The molecule has 1 aromatic carbocycles. The van der Waals surface area contributed by atoms with Gasteiger partial charge in [-0.05, 0) is 44.9 Å². The predicted molar refractivity (Wildman–Crippen MR) is 66.8 cm³/mol. The topological polar surface area (TPSA) is 27.0 Å². The molecule has 2 rings (SSSR count). The zero-order chi connectivity index (χ0) is 11.8. The van der Waals surface area contributed by atoms with Gasteiger partial charge in [-0.25, -0.2) is 0 Å². The monoisotopic (exact) mass is 234 g/mol. The number of hydrogen-bond acceptors (Lipinski definition) is 2. The maximum absolute atomic E-state index is 8.83. The Kier molecular flexibility index (Phi) is 2.82. The van der Waals surface area contributed by atoms with Crippen LogP contribution in [0.3, 0.4) is 0 Å². The van der Waals surface area contributed by atoms with Crippen molar-refractivity contribution in [1.82, 2.24) is 0 Å². The molecule has 0 aliphatic carbocycles. The highest BCUT2D eigenvalue weighted by Crippen LogP contribution is 2.35. The van der Waals surface area contributed by atoms with Gasteiger partial charge in [-0.2, -0.15) is 5.26 Å². The normalized spacial score (nSPS) is 18.5. The molecule has 1 aliphatic heterocycles. The van der Waals surface area contributed by atoms with Gasteiger partial charge in [0.1, 0.15) is 6.07 Å². The molecule has 1 aliphatic rings. The largest absolute Gasteiger partial charge is 0.366 e. The number of halogens is 1. The van der Waals surface area contributed by atoms with Crippen molar-refractivity contribution in [2.75, 3.05) is 11.4 Å². The third-order valence-electron chi connectivity index (χ3n) is 3.29. The Hall–Kier alpha value is -1.20. The lowest BCUT2D eigenvalue weighted by Crippen LogP contribution is -2.38. The van der Waals surface area contributed by atoms with E-state index < -0.39 is 0 Å². The molecule has 0 saturated carbocycles. The summed E-state index contributed by atoms with van der Waals surface area (Å²) in [5, 5.41) is 9.37. The highest BCUT2D eigenvalue weighted by Gasteiger charge is 2.32. The second kappa shape index (κ2) is 3.99. The van der Waals surface area contributed by atoms with E-state index in [2.05, 4.69) is 24.8 Å². The van der Waals surface area contributed by atoms with Crippen LogP contribution in [0.15, 0.2) is 18.2 Å². The molecular weight excluding hydrogens is 220 g/mol. The smallest absolute Gasteiger partial charge is 0.101 e. The van der Waals surface area contributed by atoms with Crippen LogP contribution in [0.25, 0.3) is 0 Å². The number of rotatable bonds is 1. The van der Waals surface area contributed by atoms with Crippen molar-refractivity contribution >= 4 is 17.3 Å². The van der Waals surface area contributed by atoms with E-state index in [0.29, 0.717) is 10.6 Å². The highest BCUT2D eigenvalue weighted by molar-refractivity contribution is 6.32. The molecule has 0 unspecified atom stereocenters. The number of benzene rings is 1. The Morgan fingerprint density at radius 1 is 1.44 bits per heavy atom. The molecule has 0 amide bonds. The third-order valence-corrected chi connectivity index (χ3v) is 3.60. The van der Waals surface area contributed by atoms with Crippen LogP contribution in [0.4, 0.5) is 5.69 Å². The molecule has 1 saturated heterocycles. The standard InChI is InChI=1S/C13H15ClN2/c1-13(2)6-3-7-16(13)11-5-4-10(9-15)12(14)8-11/h4-5,8H,3,6-7H2,1-2H3. The van der Waals surface area contributed by atoms with Crippen LogP contribution in [0.1, 0.15) is 32.3 Å². The zero-order valence-corrected chi connectivity index (χ0v) is 10.4. The Morgan fingerprint density at radius 3 is 2.69 bits per heavy atom. The average Bonchev–Trinajstić information content (AvgIpc) is 2.58. The van der Waals surface area contributed by atoms with Gasteiger partial charge in [0.25, 0.3) is 0 Å². The average molecular weight is 235 g/mol. The highest BCUT2D eigenvalue weighted by atomic mass is 35.5. The fraction of sp³-hybridized carbons (Fsp3) is 0.462. The Balaban J connectivity index is 2.36. The molecule has 0 spiro atoms. The summed E-state index contributed by atoms with van der Waals surface area (Å²) in [6.07, 6.45) is 2.41. The van der Waals surface area contributed by atoms with Crippen LogP contribution in [-0.2, 0) is 0 Å². The molecular formula is C13H15ClN2. The first kappa shape index (κ1) is 11.3. The van der Waals surface area contributed by atoms with Crippen molar-refractivity contribution in [2.24, 2.45) is 0 Å². The van der Waals surface area contributed by atoms with Gasteiger partial charge in [0.15, 0.2) is 0 Å². The van der Waals surface area contributed by atoms with E-state index in [1.807, 2.05) is 12.1 Å². The van der Waals surface area contributed by atoms with E-state index in [1.54, 1.807) is 6.07 Å². The van der Waals surface area contributed by atoms with Crippen molar-refractivity contribution in [3.05, 3.63) is 28.8 Å².